The molecule has 1 aromatic carbocycles. The highest BCUT2D eigenvalue weighted by molar-refractivity contribution is 6.39. The van der Waals surface area contributed by atoms with Crippen LogP contribution in [0.4, 0.5) is 0 Å². The number of rotatable bonds is 2. The standard InChI is InChI=1S/C13H13ClN2O3/c1-15-10(7-8-3-5-9(14)6-4-8)11(17)16(2)13(19)12(15)18/h3-6,10H,7H2,1-2H3. The van der Waals surface area contributed by atoms with Crippen molar-refractivity contribution >= 4 is 29.3 Å². The van der Waals surface area contributed by atoms with Gasteiger partial charge in [-0.1, -0.05) is 23.7 Å². The molecule has 1 saturated heterocycles. The Balaban J connectivity index is 2.23. The van der Waals surface area contributed by atoms with Crippen molar-refractivity contribution in [2.45, 2.75) is 12.5 Å². The molecule has 0 bridgehead atoms. The number of benzene rings is 1. The molecule has 5 nitrogen and oxygen atoms in total. The smallest absolute Gasteiger partial charge is 0.318 e. The Morgan fingerprint density at radius 2 is 1.63 bits per heavy atom. The van der Waals surface area contributed by atoms with E-state index >= 15 is 0 Å². The summed E-state index contributed by atoms with van der Waals surface area (Å²) in [7, 11) is 2.79. The second kappa shape index (κ2) is 5.01. The lowest BCUT2D eigenvalue weighted by molar-refractivity contribution is -0.165. The molecule has 2 rings (SSSR count). The summed E-state index contributed by atoms with van der Waals surface area (Å²) < 4.78 is 0. The summed E-state index contributed by atoms with van der Waals surface area (Å²) in [5.74, 6) is -1.83. The highest BCUT2D eigenvalue weighted by Gasteiger charge is 2.41. The number of hydrogen-bond acceptors (Lipinski definition) is 3. The summed E-state index contributed by atoms with van der Waals surface area (Å²) in [5, 5.41) is 0.607. The average molecular weight is 281 g/mol. The van der Waals surface area contributed by atoms with Crippen LogP contribution < -0.4 is 0 Å². The second-order valence-electron chi connectivity index (χ2n) is 4.46. The van der Waals surface area contributed by atoms with Crippen molar-refractivity contribution in [2.24, 2.45) is 0 Å². The summed E-state index contributed by atoms with van der Waals surface area (Å²) in [6.45, 7) is 0. The second-order valence-corrected chi connectivity index (χ2v) is 4.90. The van der Waals surface area contributed by atoms with Crippen molar-refractivity contribution in [3.63, 3.8) is 0 Å². The first-order chi connectivity index (χ1) is 8.91. The fourth-order valence-corrected chi connectivity index (χ4v) is 2.12. The van der Waals surface area contributed by atoms with E-state index in [-0.39, 0.29) is 5.91 Å². The summed E-state index contributed by atoms with van der Waals surface area (Å²) in [6.07, 6.45) is 0.357. The van der Waals surface area contributed by atoms with Crippen LogP contribution in [0.1, 0.15) is 5.56 Å². The molecule has 1 heterocycles. The van der Waals surface area contributed by atoms with Crippen molar-refractivity contribution in [3.8, 4) is 0 Å². The Bertz CT molecular complexity index is 541. The van der Waals surface area contributed by atoms with Crippen LogP contribution in [0.2, 0.25) is 5.02 Å². The van der Waals surface area contributed by atoms with E-state index in [9.17, 15) is 14.4 Å². The topological polar surface area (TPSA) is 57.7 Å². The molecule has 6 heteroatoms. The van der Waals surface area contributed by atoms with Crippen LogP contribution >= 0.6 is 11.6 Å². The largest absolute Gasteiger partial charge is 0.325 e. The van der Waals surface area contributed by atoms with E-state index in [4.69, 9.17) is 11.6 Å². The zero-order valence-electron chi connectivity index (χ0n) is 10.6. The molecule has 1 aliphatic heterocycles. The molecule has 0 N–H and O–H groups in total. The van der Waals surface area contributed by atoms with Gasteiger partial charge in [0.15, 0.2) is 0 Å². The molecule has 1 aromatic rings. The number of halogens is 1. The van der Waals surface area contributed by atoms with Gasteiger partial charge in [0.1, 0.15) is 6.04 Å². The van der Waals surface area contributed by atoms with Gasteiger partial charge in [0.25, 0.3) is 5.91 Å². The van der Waals surface area contributed by atoms with Crippen molar-refractivity contribution in [3.05, 3.63) is 34.9 Å². The van der Waals surface area contributed by atoms with Crippen LogP contribution in [-0.2, 0) is 20.8 Å². The van der Waals surface area contributed by atoms with Gasteiger partial charge in [-0.05, 0) is 17.7 Å². The molecule has 19 heavy (non-hydrogen) atoms. The molecule has 3 amide bonds. The third kappa shape index (κ3) is 2.46. The van der Waals surface area contributed by atoms with Crippen molar-refractivity contribution in [1.82, 2.24) is 9.80 Å². The Labute approximate surface area is 115 Å². The number of imide groups is 1. The summed E-state index contributed by atoms with van der Waals surface area (Å²) in [5.41, 5.74) is 0.880. The van der Waals surface area contributed by atoms with Crippen molar-refractivity contribution in [1.29, 1.82) is 0 Å². The van der Waals surface area contributed by atoms with Gasteiger partial charge in [0, 0.05) is 25.5 Å². The number of likely N-dealkylation sites (N-methyl/N-ethyl adjacent to an activating group) is 2. The SMILES string of the molecule is CN1C(=O)C(=O)N(C)C(Cc2ccc(Cl)cc2)C1=O. The zero-order valence-corrected chi connectivity index (χ0v) is 11.3. The molecular weight excluding hydrogens is 268 g/mol. The molecule has 0 saturated carbocycles. The number of nitrogens with zero attached hydrogens (tertiary/aromatic N) is 2. The van der Waals surface area contributed by atoms with Gasteiger partial charge in [-0.2, -0.15) is 0 Å². The van der Waals surface area contributed by atoms with Gasteiger partial charge >= 0.3 is 11.8 Å². The molecule has 0 aromatic heterocycles. The predicted octanol–water partition coefficient (Wildman–Crippen LogP) is 0.708. The normalized spacial score (nSPS) is 20.2. The van der Waals surface area contributed by atoms with E-state index in [2.05, 4.69) is 0 Å². The van der Waals surface area contributed by atoms with Gasteiger partial charge in [-0.3, -0.25) is 19.3 Å². The fraction of sp³-hybridized carbons (Fsp3) is 0.308. The van der Waals surface area contributed by atoms with E-state index in [1.54, 1.807) is 24.3 Å². The van der Waals surface area contributed by atoms with E-state index in [1.165, 1.54) is 19.0 Å². The minimum absolute atomic E-state index is 0.357. The lowest BCUT2D eigenvalue weighted by Crippen LogP contribution is -2.60. The first kappa shape index (κ1) is 13.5. The summed E-state index contributed by atoms with van der Waals surface area (Å²) >= 11 is 5.79. The summed E-state index contributed by atoms with van der Waals surface area (Å²) in [4.78, 5) is 37.3. The average Bonchev–Trinajstić information content (AvgIpc) is 2.41. The molecule has 1 fully saturated rings. The maximum absolute atomic E-state index is 12.0. The molecule has 0 radical (unpaired) electrons. The maximum Gasteiger partial charge on any atom is 0.318 e. The Morgan fingerprint density at radius 3 is 2.21 bits per heavy atom. The summed E-state index contributed by atoms with van der Waals surface area (Å²) in [6, 6.07) is 6.38. The van der Waals surface area contributed by atoms with Gasteiger partial charge in [-0.25, -0.2) is 0 Å². The molecular formula is C13H13ClN2O3. The minimum Gasteiger partial charge on any atom is -0.325 e. The fourth-order valence-electron chi connectivity index (χ4n) is 1.99. The lowest BCUT2D eigenvalue weighted by atomic mass is 10.0. The Morgan fingerprint density at radius 1 is 1.05 bits per heavy atom. The van der Waals surface area contributed by atoms with Crippen LogP contribution in [0.25, 0.3) is 0 Å². The van der Waals surface area contributed by atoms with Crippen LogP contribution in [0, 0.1) is 0 Å². The molecule has 100 valence electrons. The van der Waals surface area contributed by atoms with Crippen molar-refractivity contribution in [2.75, 3.05) is 14.1 Å². The third-order valence-corrected chi connectivity index (χ3v) is 3.49. The predicted molar refractivity (Wildman–Crippen MR) is 69.5 cm³/mol. The lowest BCUT2D eigenvalue weighted by Gasteiger charge is -2.34. The quantitative estimate of drug-likeness (QED) is 0.592. The molecule has 1 atom stereocenters. The highest BCUT2D eigenvalue weighted by atomic mass is 35.5. The van der Waals surface area contributed by atoms with Gasteiger partial charge < -0.3 is 4.90 Å². The van der Waals surface area contributed by atoms with Crippen LogP contribution in [0.15, 0.2) is 24.3 Å². The van der Waals surface area contributed by atoms with Crippen LogP contribution in [0.5, 0.6) is 0 Å². The number of amides is 3. The van der Waals surface area contributed by atoms with Gasteiger partial charge in [0.2, 0.25) is 0 Å². The minimum atomic E-state index is -0.792. The van der Waals surface area contributed by atoms with E-state index in [0.717, 1.165) is 10.5 Å². The number of carbonyl (C=O) groups excluding carboxylic acids is 3. The first-order valence-corrected chi connectivity index (χ1v) is 6.12. The number of hydrogen-bond donors (Lipinski definition) is 0. The molecule has 0 aliphatic carbocycles. The van der Waals surface area contributed by atoms with Gasteiger partial charge in [0.05, 0.1) is 0 Å². The van der Waals surface area contributed by atoms with Gasteiger partial charge in [-0.15, -0.1) is 0 Å². The number of piperazine rings is 1. The van der Waals surface area contributed by atoms with E-state index in [1.807, 2.05) is 0 Å². The number of carbonyl (C=O) groups is 3. The zero-order chi connectivity index (χ0) is 14.2. The Kier molecular flexibility index (Phi) is 3.57. The molecule has 1 unspecified atom stereocenters. The first-order valence-electron chi connectivity index (χ1n) is 5.75. The molecule has 0 spiro atoms. The van der Waals surface area contributed by atoms with E-state index in [0.29, 0.717) is 11.4 Å². The Hall–Kier alpha value is -1.88. The highest BCUT2D eigenvalue weighted by Crippen LogP contribution is 2.17. The monoisotopic (exact) mass is 280 g/mol. The molecule has 1 aliphatic rings. The van der Waals surface area contributed by atoms with Crippen molar-refractivity contribution < 1.29 is 14.4 Å². The van der Waals surface area contributed by atoms with Crippen LogP contribution in [-0.4, -0.2) is 47.7 Å². The third-order valence-electron chi connectivity index (χ3n) is 3.23. The van der Waals surface area contributed by atoms with E-state index < -0.39 is 17.9 Å². The van der Waals surface area contributed by atoms with Crippen LogP contribution in [0.3, 0.4) is 0 Å². The maximum atomic E-state index is 12.0.